The van der Waals surface area contributed by atoms with Crippen molar-refractivity contribution in [3.8, 4) is 11.5 Å². The topological polar surface area (TPSA) is 90.9 Å². The number of carbonyl (C=O) groups is 2. The van der Waals surface area contributed by atoms with Crippen LogP contribution in [-0.4, -0.2) is 75.8 Å². The molecule has 3 aliphatic heterocycles. The quantitative estimate of drug-likeness (QED) is 0.419. The first-order chi connectivity index (χ1) is 21.1. The monoisotopic (exact) mass is 608 g/mol. The van der Waals surface area contributed by atoms with Gasteiger partial charge >= 0.3 is 6.18 Å². The molecule has 2 aromatic heterocycles. The van der Waals surface area contributed by atoms with Crippen molar-refractivity contribution in [2.24, 2.45) is 0 Å². The number of pyridine rings is 2. The zero-order valence-electron chi connectivity index (χ0n) is 24.8. The second kappa shape index (κ2) is 12.2. The number of ether oxygens (including phenoxy) is 1. The van der Waals surface area contributed by atoms with E-state index in [0.717, 1.165) is 50.0 Å². The number of piperazine rings is 1. The van der Waals surface area contributed by atoms with E-state index in [1.165, 1.54) is 6.07 Å². The van der Waals surface area contributed by atoms with Gasteiger partial charge in [0.15, 0.2) is 0 Å². The van der Waals surface area contributed by atoms with E-state index in [4.69, 9.17) is 4.74 Å². The van der Waals surface area contributed by atoms with Gasteiger partial charge in [-0.15, -0.1) is 0 Å². The largest absolute Gasteiger partial charge is 0.455 e. The van der Waals surface area contributed by atoms with Gasteiger partial charge < -0.3 is 19.9 Å². The maximum atomic E-state index is 14.1. The molecule has 0 saturated carbocycles. The molecule has 3 aliphatic rings. The number of alkyl halides is 3. The number of hydrogen-bond donors (Lipinski definition) is 1. The van der Waals surface area contributed by atoms with E-state index in [1.54, 1.807) is 29.4 Å². The van der Waals surface area contributed by atoms with Crippen molar-refractivity contribution < 1.29 is 27.5 Å². The summed E-state index contributed by atoms with van der Waals surface area (Å²) in [7, 11) is 0. The van der Waals surface area contributed by atoms with Crippen molar-refractivity contribution >= 4 is 17.6 Å². The van der Waals surface area contributed by atoms with Gasteiger partial charge in [0, 0.05) is 63.5 Å². The minimum absolute atomic E-state index is 0.0648. The number of carbonyl (C=O) groups excluding carboxylic acids is 2. The number of amides is 2. The Morgan fingerprint density at radius 3 is 2.61 bits per heavy atom. The predicted octanol–water partition coefficient (Wildman–Crippen LogP) is 4.61. The van der Waals surface area contributed by atoms with Crippen molar-refractivity contribution in [3.05, 3.63) is 76.2 Å². The molecular formula is C32H35F3N6O3. The maximum Gasteiger partial charge on any atom is 0.416 e. The summed E-state index contributed by atoms with van der Waals surface area (Å²) >= 11 is 0. The molecule has 6 rings (SSSR count). The van der Waals surface area contributed by atoms with Crippen molar-refractivity contribution in [3.63, 3.8) is 0 Å². The molecule has 0 bridgehead atoms. The Balaban J connectivity index is 1.15. The van der Waals surface area contributed by atoms with Gasteiger partial charge in [-0.05, 0) is 41.4 Å². The first-order valence-corrected chi connectivity index (χ1v) is 14.9. The van der Waals surface area contributed by atoms with Crippen molar-refractivity contribution in [2.75, 3.05) is 44.6 Å². The molecule has 1 saturated heterocycles. The van der Waals surface area contributed by atoms with Gasteiger partial charge in [-0.3, -0.25) is 19.5 Å². The average Bonchev–Trinajstić information content (AvgIpc) is 3.39. The summed E-state index contributed by atoms with van der Waals surface area (Å²) in [5.41, 5.74) is 2.22. The molecule has 44 heavy (non-hydrogen) atoms. The highest BCUT2D eigenvalue weighted by atomic mass is 19.4. The van der Waals surface area contributed by atoms with E-state index in [0.29, 0.717) is 35.0 Å². The molecule has 1 N–H and O–H groups in total. The standard InChI is InChI=1S/C32H35F3N6O3/c1-3-39-8-10-40(11-9-39)18-22-5-4-21(12-26(22)32(33,34)35)13-29(43)41-17-20(2)30-23(19-41)14-24(16-37-30)44-27-6-7-36-31-25(27)15-28(42)38-31/h4-7,12,14,16,20H,3,8-11,13,15,17-19H2,1-2H3,(H,36,38,42). The lowest BCUT2D eigenvalue weighted by Crippen LogP contribution is -2.45. The molecule has 0 spiro atoms. The van der Waals surface area contributed by atoms with Gasteiger partial charge in [0.25, 0.3) is 0 Å². The van der Waals surface area contributed by atoms with Crippen molar-refractivity contribution in [2.45, 2.75) is 51.9 Å². The summed E-state index contributed by atoms with van der Waals surface area (Å²) in [6.07, 6.45) is -1.30. The summed E-state index contributed by atoms with van der Waals surface area (Å²) in [6.45, 7) is 9.04. The summed E-state index contributed by atoms with van der Waals surface area (Å²) in [4.78, 5) is 40.0. The second-order valence-corrected chi connectivity index (χ2v) is 11.7. The Kier molecular flexibility index (Phi) is 8.30. The molecule has 1 atom stereocenters. The van der Waals surface area contributed by atoms with E-state index in [9.17, 15) is 22.8 Å². The fourth-order valence-corrected chi connectivity index (χ4v) is 6.24. The molecule has 0 radical (unpaired) electrons. The molecule has 5 heterocycles. The van der Waals surface area contributed by atoms with Crippen LogP contribution in [0.1, 0.15) is 53.3 Å². The lowest BCUT2D eigenvalue weighted by Gasteiger charge is -2.34. The number of rotatable bonds is 7. The van der Waals surface area contributed by atoms with Crippen LogP contribution in [0.15, 0.2) is 42.7 Å². The SMILES string of the molecule is CCN1CCN(Cc2ccc(CC(=O)N3Cc4cc(Oc5ccnc6c5CC(=O)N6)cnc4C(C)C3)cc2C(F)(F)F)CC1. The van der Waals surface area contributed by atoms with Crippen molar-refractivity contribution in [1.29, 1.82) is 0 Å². The summed E-state index contributed by atoms with van der Waals surface area (Å²) in [5.74, 6) is 0.961. The van der Waals surface area contributed by atoms with Gasteiger partial charge in [0.1, 0.15) is 17.3 Å². The molecule has 232 valence electrons. The normalized spacial score (nSPS) is 19.0. The lowest BCUT2D eigenvalue weighted by atomic mass is 9.95. The molecule has 3 aromatic rings. The summed E-state index contributed by atoms with van der Waals surface area (Å²) in [5, 5.41) is 2.70. The van der Waals surface area contributed by atoms with Crippen LogP contribution in [0, 0.1) is 0 Å². The van der Waals surface area contributed by atoms with Crippen LogP contribution in [0.3, 0.4) is 0 Å². The Bertz CT molecular complexity index is 1570. The molecule has 0 aliphatic carbocycles. The third kappa shape index (κ3) is 6.41. The molecule has 9 nitrogen and oxygen atoms in total. The number of likely N-dealkylation sites (N-methyl/N-ethyl adjacent to an activating group) is 1. The first-order valence-electron chi connectivity index (χ1n) is 14.9. The number of anilines is 1. The smallest absolute Gasteiger partial charge is 0.416 e. The molecular weight excluding hydrogens is 573 g/mol. The summed E-state index contributed by atoms with van der Waals surface area (Å²) in [6, 6.07) is 7.82. The third-order valence-electron chi connectivity index (χ3n) is 8.63. The van der Waals surface area contributed by atoms with Gasteiger partial charge in [0.2, 0.25) is 11.8 Å². The number of nitrogens with one attached hydrogen (secondary N) is 1. The van der Waals surface area contributed by atoms with Gasteiger partial charge in [-0.1, -0.05) is 26.0 Å². The zero-order valence-corrected chi connectivity index (χ0v) is 24.8. The summed E-state index contributed by atoms with van der Waals surface area (Å²) < 4.78 is 48.5. The number of benzene rings is 1. The van der Waals surface area contributed by atoms with Crippen LogP contribution in [-0.2, 0) is 41.7 Å². The predicted molar refractivity (Wildman–Crippen MR) is 157 cm³/mol. The molecule has 2 amide bonds. The van der Waals surface area contributed by atoms with E-state index < -0.39 is 11.7 Å². The Morgan fingerprint density at radius 1 is 1.09 bits per heavy atom. The fraction of sp³-hybridized carbons (Fsp3) is 0.438. The van der Waals surface area contributed by atoms with Crippen LogP contribution < -0.4 is 10.1 Å². The van der Waals surface area contributed by atoms with Crippen molar-refractivity contribution in [1.82, 2.24) is 24.7 Å². The molecule has 12 heteroatoms. The lowest BCUT2D eigenvalue weighted by molar-refractivity contribution is -0.139. The highest BCUT2D eigenvalue weighted by molar-refractivity contribution is 5.98. The van der Waals surface area contributed by atoms with Crippen LogP contribution in [0.4, 0.5) is 19.0 Å². The minimum Gasteiger partial charge on any atom is -0.455 e. The molecule has 1 fully saturated rings. The second-order valence-electron chi connectivity index (χ2n) is 11.7. The molecule has 1 aromatic carbocycles. The average molecular weight is 609 g/mol. The number of fused-ring (bicyclic) bond motifs is 2. The van der Waals surface area contributed by atoms with E-state index in [1.807, 2.05) is 13.0 Å². The van der Waals surface area contributed by atoms with E-state index >= 15 is 0 Å². The molecule has 1 unspecified atom stereocenters. The number of aromatic nitrogens is 2. The highest BCUT2D eigenvalue weighted by Gasteiger charge is 2.35. The maximum absolute atomic E-state index is 14.1. The minimum atomic E-state index is -4.52. The fourth-order valence-electron chi connectivity index (χ4n) is 6.24. The van der Waals surface area contributed by atoms with Crippen LogP contribution in [0.5, 0.6) is 11.5 Å². The van der Waals surface area contributed by atoms with E-state index in [2.05, 4.69) is 32.0 Å². The van der Waals surface area contributed by atoms with Gasteiger partial charge in [-0.25, -0.2) is 4.98 Å². The zero-order chi connectivity index (χ0) is 31.0. The van der Waals surface area contributed by atoms with Crippen LogP contribution >= 0.6 is 0 Å². The van der Waals surface area contributed by atoms with Crippen LogP contribution in [0.25, 0.3) is 0 Å². The number of halogens is 3. The highest BCUT2D eigenvalue weighted by Crippen LogP contribution is 2.36. The van der Waals surface area contributed by atoms with Gasteiger partial charge in [0.05, 0.1) is 30.3 Å². The number of hydrogen-bond acceptors (Lipinski definition) is 7. The Morgan fingerprint density at radius 2 is 1.86 bits per heavy atom. The Hall–Kier alpha value is -4.03. The van der Waals surface area contributed by atoms with Gasteiger partial charge in [-0.2, -0.15) is 13.2 Å². The third-order valence-corrected chi connectivity index (χ3v) is 8.63. The first kappa shape index (κ1) is 30.0. The number of nitrogens with zero attached hydrogens (tertiary/aromatic N) is 5. The van der Waals surface area contributed by atoms with E-state index in [-0.39, 0.29) is 49.2 Å². The van der Waals surface area contributed by atoms with Crippen LogP contribution in [0.2, 0.25) is 0 Å². The Labute approximate surface area is 254 Å².